The minimum atomic E-state index is -0.862. The number of hydrogen-bond donors (Lipinski definition) is 5. The van der Waals surface area contributed by atoms with Gasteiger partial charge in [-0.1, -0.05) is 24.3 Å². The maximum Gasteiger partial charge on any atom is 0.407 e. The number of likely N-dealkylation sites (tertiary alicyclic amines) is 1. The van der Waals surface area contributed by atoms with Gasteiger partial charge in [-0.15, -0.1) is 0 Å². The lowest BCUT2D eigenvalue weighted by Gasteiger charge is -2.32. The molecule has 62 heavy (non-hydrogen) atoms. The molecule has 1 fully saturated rings. The summed E-state index contributed by atoms with van der Waals surface area (Å²) in [6.45, 7) is 15.6. The number of nitrogens with two attached hydrogens (primary N) is 2. The molecule has 20 heteroatoms. The molecule has 2 heterocycles. The minimum Gasteiger partial charge on any atom is -0.494 e. The van der Waals surface area contributed by atoms with Crippen molar-refractivity contribution in [2.75, 3.05) is 63.3 Å². The Morgan fingerprint density at radius 1 is 1.03 bits per heavy atom. The summed E-state index contributed by atoms with van der Waals surface area (Å²) in [5.74, 6) is -1.65. The Balaban J connectivity index is 1.47. The number of carbonyl (C=O) groups is 4. The number of aromatic nitrogens is 2. The van der Waals surface area contributed by atoms with E-state index in [4.69, 9.17) is 25.7 Å². The number of rotatable bonds is 21. The largest absolute Gasteiger partial charge is 0.494 e. The topological polar surface area (TPSA) is 264 Å². The molecule has 2 aromatic carbocycles. The smallest absolute Gasteiger partial charge is 0.407 e. The van der Waals surface area contributed by atoms with Crippen molar-refractivity contribution in [2.45, 2.75) is 65.6 Å². The van der Waals surface area contributed by atoms with E-state index >= 15 is 0 Å². The number of benzene rings is 2. The molecule has 3 aromatic rings. The lowest BCUT2D eigenvalue weighted by Crippen LogP contribution is -2.46. The lowest BCUT2D eigenvalue weighted by atomic mass is 10.1. The van der Waals surface area contributed by atoms with Crippen LogP contribution in [0.4, 0.5) is 27.5 Å². The van der Waals surface area contributed by atoms with Crippen molar-refractivity contribution >= 4 is 53.3 Å². The molecular weight excluding hydrogens is 803 g/mol. The van der Waals surface area contributed by atoms with Crippen LogP contribution in [0.25, 0.3) is 0 Å². The van der Waals surface area contributed by atoms with Crippen LogP contribution >= 0.6 is 0 Å². The van der Waals surface area contributed by atoms with Crippen molar-refractivity contribution in [3.05, 3.63) is 87.3 Å². The van der Waals surface area contributed by atoms with Gasteiger partial charge < -0.3 is 46.5 Å². The fourth-order valence-corrected chi connectivity index (χ4v) is 6.58. The second-order valence-corrected chi connectivity index (χ2v) is 15.3. The normalized spacial score (nSPS) is 13.5. The fourth-order valence-electron chi connectivity index (χ4n) is 6.58. The first-order chi connectivity index (χ1) is 29.4. The number of aryl methyl sites for hydroxylation is 2. The van der Waals surface area contributed by atoms with E-state index in [1.165, 1.54) is 25.3 Å². The molecule has 1 aliphatic heterocycles. The van der Waals surface area contributed by atoms with Crippen LogP contribution < -0.4 is 41.8 Å². The summed E-state index contributed by atoms with van der Waals surface area (Å²) in [5, 5.41) is 25.4. The quantitative estimate of drug-likeness (QED) is 0.0327. The minimum absolute atomic E-state index is 0.0222. The van der Waals surface area contributed by atoms with Crippen molar-refractivity contribution in [2.24, 2.45) is 16.5 Å². The predicted octanol–water partition coefficient (Wildman–Crippen LogP) is 4.44. The first-order valence-electron chi connectivity index (χ1n) is 20.0. The van der Waals surface area contributed by atoms with Crippen LogP contribution in [0.15, 0.2) is 59.6 Å². The van der Waals surface area contributed by atoms with Crippen LogP contribution in [-0.4, -0.2) is 115 Å². The van der Waals surface area contributed by atoms with Gasteiger partial charge in [-0.05, 0) is 78.4 Å². The number of anilines is 2. The highest BCUT2D eigenvalue weighted by Gasteiger charge is 2.25. The van der Waals surface area contributed by atoms with Crippen LogP contribution in [0.3, 0.4) is 0 Å². The number of nitrogens with one attached hydrogen (secondary N) is 3. The number of alkyl carbamates (subject to hydrolysis) is 1. The predicted molar refractivity (Wildman–Crippen MR) is 236 cm³/mol. The van der Waals surface area contributed by atoms with Gasteiger partial charge in [-0.2, -0.15) is 5.10 Å². The van der Waals surface area contributed by atoms with E-state index in [0.29, 0.717) is 30.2 Å². The first-order valence-corrected chi connectivity index (χ1v) is 20.0. The third-order valence-electron chi connectivity index (χ3n) is 9.54. The maximum absolute atomic E-state index is 13.3. The molecule has 1 saturated heterocycles. The van der Waals surface area contributed by atoms with Gasteiger partial charge in [0.25, 0.3) is 11.6 Å². The van der Waals surface area contributed by atoms with Gasteiger partial charge in [0.2, 0.25) is 11.8 Å². The average molecular weight is 860 g/mol. The number of hydrogen-bond acceptors (Lipinski definition) is 14. The summed E-state index contributed by atoms with van der Waals surface area (Å²) in [4.78, 5) is 69.4. The van der Waals surface area contributed by atoms with Crippen LogP contribution in [0.2, 0.25) is 0 Å². The molecule has 7 N–H and O–H groups in total. The number of nitro groups is 1. The van der Waals surface area contributed by atoms with Crippen molar-refractivity contribution in [3.8, 4) is 11.5 Å². The molecular formula is C42H57N11O9. The van der Waals surface area contributed by atoms with Gasteiger partial charge in [-0.25, -0.2) is 4.79 Å². The number of piperidine rings is 1. The van der Waals surface area contributed by atoms with Crippen molar-refractivity contribution in [1.29, 1.82) is 0 Å². The van der Waals surface area contributed by atoms with E-state index in [9.17, 15) is 29.3 Å². The summed E-state index contributed by atoms with van der Waals surface area (Å²) < 4.78 is 18.5. The standard InChI is InChI=1S/C42H57N11O9/c1-8-52-33(21-27(2)49-52)40(56)47-26-51(37-31(45-6)22-28(38(43)54)25-35(37)60-7)17-10-9-15-46-36-32(53(58)59)23-29(39(44)55)24-34(36)61-20-12-11-16-50-18-13-30(14-19-50)48-41(57)62-42(3,4)5/h9-12,21-25,30,46H,6,8,13-20,26H2,1-5,7H3,(H2,43,54)(H2,44,55)(H,47,56)(H,48,57)/b10-9+,12-11-. The van der Waals surface area contributed by atoms with Crippen LogP contribution in [0, 0.1) is 17.0 Å². The SMILES string of the molecule is C=Nc1cc(C(N)=O)cc(OC)c1N(C/C=C/CNc1c(OC/C=C\CN2CCC(NC(=O)OC(C)(C)C)CC2)cc(C(N)=O)cc1[N+](=O)[O-])CNC(=O)c1cc(C)nn1CC. The van der Waals surface area contributed by atoms with Crippen molar-refractivity contribution in [1.82, 2.24) is 25.3 Å². The molecule has 0 aliphatic carbocycles. The van der Waals surface area contributed by atoms with E-state index < -0.39 is 34.1 Å². The molecule has 0 spiro atoms. The zero-order chi connectivity index (χ0) is 45.6. The highest BCUT2D eigenvalue weighted by Crippen LogP contribution is 2.39. The highest BCUT2D eigenvalue weighted by molar-refractivity contribution is 5.97. The Morgan fingerprint density at radius 2 is 1.71 bits per heavy atom. The summed E-state index contributed by atoms with van der Waals surface area (Å²) in [6, 6.07) is 7.06. The molecule has 4 rings (SSSR count). The van der Waals surface area contributed by atoms with Gasteiger partial charge in [0, 0.05) is 62.5 Å². The Hall–Kier alpha value is -6.96. The van der Waals surface area contributed by atoms with Gasteiger partial charge in [0.15, 0.2) is 11.4 Å². The molecule has 4 amide bonds. The summed E-state index contributed by atoms with van der Waals surface area (Å²) in [7, 11) is 1.42. The van der Waals surface area contributed by atoms with Gasteiger partial charge in [-0.3, -0.25) is 39.1 Å². The molecule has 1 aliphatic rings. The zero-order valence-corrected chi connectivity index (χ0v) is 36.1. The van der Waals surface area contributed by atoms with Crippen molar-refractivity contribution < 1.29 is 38.3 Å². The highest BCUT2D eigenvalue weighted by atomic mass is 16.6. The molecule has 0 bridgehead atoms. The molecule has 0 radical (unpaired) electrons. The monoisotopic (exact) mass is 859 g/mol. The Kier molecular flexibility index (Phi) is 17.0. The van der Waals surface area contributed by atoms with Gasteiger partial charge in [0.1, 0.15) is 29.3 Å². The Labute approximate surface area is 360 Å². The number of ether oxygens (including phenoxy) is 3. The number of nitrogens with zero attached hydrogens (tertiary/aromatic N) is 6. The number of aliphatic imine (C=N–C) groups is 1. The van der Waals surface area contributed by atoms with Crippen LogP contribution in [-0.2, 0) is 11.3 Å². The van der Waals surface area contributed by atoms with Crippen LogP contribution in [0.1, 0.15) is 77.4 Å². The number of amides is 4. The zero-order valence-electron chi connectivity index (χ0n) is 36.1. The maximum atomic E-state index is 13.3. The van der Waals surface area contributed by atoms with E-state index in [-0.39, 0.29) is 72.3 Å². The van der Waals surface area contributed by atoms with Gasteiger partial charge in [0.05, 0.1) is 30.1 Å². The molecule has 1 aromatic heterocycles. The number of methoxy groups -OCH3 is 1. The summed E-state index contributed by atoms with van der Waals surface area (Å²) >= 11 is 0. The molecule has 20 nitrogen and oxygen atoms in total. The van der Waals surface area contributed by atoms with E-state index in [2.05, 4.69) is 37.7 Å². The van der Waals surface area contributed by atoms with E-state index in [1.54, 1.807) is 40.8 Å². The molecule has 0 saturated carbocycles. The second-order valence-electron chi connectivity index (χ2n) is 15.3. The van der Waals surface area contributed by atoms with E-state index in [0.717, 1.165) is 32.0 Å². The third-order valence-corrected chi connectivity index (χ3v) is 9.54. The molecule has 0 atom stereocenters. The van der Waals surface area contributed by atoms with E-state index in [1.807, 2.05) is 33.8 Å². The Morgan fingerprint density at radius 3 is 2.32 bits per heavy atom. The number of carbonyl (C=O) groups excluding carboxylic acids is 4. The number of nitro benzene ring substituents is 1. The second kappa shape index (κ2) is 22.0. The Bertz CT molecular complexity index is 2170. The first kappa shape index (κ1) is 47.7. The third kappa shape index (κ3) is 13.5. The molecule has 0 unspecified atom stereocenters. The molecule has 334 valence electrons. The lowest BCUT2D eigenvalue weighted by molar-refractivity contribution is -0.384. The number of primary amides is 2. The van der Waals surface area contributed by atoms with Crippen LogP contribution in [0.5, 0.6) is 11.5 Å². The summed E-state index contributed by atoms with van der Waals surface area (Å²) in [6.07, 6.45) is 8.25. The average Bonchev–Trinajstić information content (AvgIpc) is 3.61. The van der Waals surface area contributed by atoms with Crippen molar-refractivity contribution in [3.63, 3.8) is 0 Å². The fraction of sp³-hybridized carbons (Fsp3) is 0.429. The van der Waals surface area contributed by atoms with Gasteiger partial charge >= 0.3 is 6.09 Å². The summed E-state index contributed by atoms with van der Waals surface area (Å²) in [5.41, 5.74) is 11.9.